The third-order valence-corrected chi connectivity index (χ3v) is 8.32. The first-order valence-corrected chi connectivity index (χ1v) is 12.5. The molecule has 3 unspecified atom stereocenters. The van der Waals surface area contributed by atoms with Crippen LogP contribution in [0.15, 0.2) is 0 Å². The van der Waals surface area contributed by atoms with Crippen molar-refractivity contribution < 1.29 is 58.3 Å². The summed E-state index contributed by atoms with van der Waals surface area (Å²) in [6.45, 7) is 4.89. The molecule has 14 heteroatoms. The topological polar surface area (TPSA) is 155 Å². The van der Waals surface area contributed by atoms with E-state index in [4.69, 9.17) is 63.8 Å². The van der Waals surface area contributed by atoms with Gasteiger partial charge in [-0.2, -0.15) is 0 Å². The van der Waals surface area contributed by atoms with Gasteiger partial charge in [-0.05, 0) is 13.8 Å². The number of fused-ring (bicyclic) bond motifs is 6. The molecular formula is C23H38B2O12. The Labute approximate surface area is 219 Å². The smallest absolute Gasteiger partial charge is 0.146 e. The van der Waals surface area contributed by atoms with E-state index in [-0.39, 0.29) is 56.8 Å². The van der Waals surface area contributed by atoms with Gasteiger partial charge >= 0.3 is 0 Å². The molecule has 6 fully saturated rings. The molecule has 13 atom stereocenters. The maximum atomic E-state index is 9.68. The molecule has 6 aliphatic rings. The quantitative estimate of drug-likeness (QED) is 0.267. The lowest BCUT2D eigenvalue weighted by Crippen LogP contribution is -2.52. The Morgan fingerprint density at radius 2 is 1.54 bits per heavy atom. The van der Waals surface area contributed by atoms with E-state index in [2.05, 4.69) is 0 Å². The van der Waals surface area contributed by atoms with E-state index in [1.54, 1.807) is 14.2 Å². The van der Waals surface area contributed by atoms with Gasteiger partial charge in [-0.3, -0.25) is 0 Å². The number of aliphatic hydroxyl groups excluding tert-OH is 4. The van der Waals surface area contributed by atoms with Crippen molar-refractivity contribution in [3.8, 4) is 0 Å². The van der Waals surface area contributed by atoms with E-state index in [1.807, 2.05) is 13.8 Å². The molecule has 0 aromatic heterocycles. The molecule has 0 amide bonds. The van der Waals surface area contributed by atoms with Gasteiger partial charge in [-0.25, -0.2) is 0 Å². The SMILES string of the molecule is COC[C@]12O[C@@H](C)[C@H](OC1C)[C@@H]2OC.[B][C@@H]1O[C@@]2(CO)COC1[C@H]2O.[B][C@@H]1O[C@@]2(CO)COCC1[C@H]2O. The van der Waals surface area contributed by atoms with Gasteiger partial charge in [0.15, 0.2) is 0 Å². The Morgan fingerprint density at radius 1 is 0.892 bits per heavy atom. The summed E-state index contributed by atoms with van der Waals surface area (Å²) in [7, 11) is 14.4. The van der Waals surface area contributed by atoms with E-state index in [0.717, 1.165) is 0 Å². The molecule has 0 aromatic rings. The summed E-state index contributed by atoms with van der Waals surface area (Å²) in [5.41, 5.74) is -2.33. The first kappa shape index (κ1) is 29.6. The van der Waals surface area contributed by atoms with E-state index in [9.17, 15) is 10.2 Å². The summed E-state index contributed by atoms with van der Waals surface area (Å²) in [5.74, 6) is -0.203. The minimum absolute atomic E-state index is 0.00699. The molecule has 6 aliphatic heterocycles. The van der Waals surface area contributed by atoms with Crippen LogP contribution in [-0.4, -0.2) is 162 Å². The van der Waals surface area contributed by atoms with Crippen LogP contribution in [0, 0.1) is 5.92 Å². The summed E-state index contributed by atoms with van der Waals surface area (Å²) >= 11 is 0. The number of hydrogen-bond donors (Lipinski definition) is 4. The van der Waals surface area contributed by atoms with Gasteiger partial charge in [0.25, 0.3) is 0 Å². The average molecular weight is 528 g/mol. The standard InChI is InChI=1S/C10H18O4.C7H11BO4.C6H9BO4/c1-6-8-9(12-4)10(14-6,5-11-3)7(2)13-8;8-6-4-1-11-3-7(2-9,12-6)5(4)10;7-5-3-4(9)6(1-8,11-5)2-10-3/h6-9H,5H2,1-4H3;4-6,9-10H,1-3H2;3-5,8-9H,1-2H2/t6-,7?,8-,9-,10-;4?,5-,6-,7+;3?,4-,5-,6+/m011/s1. The summed E-state index contributed by atoms with van der Waals surface area (Å²) in [6, 6.07) is -1.12. The number of hydrogen-bond acceptors (Lipinski definition) is 12. The second kappa shape index (κ2) is 11.3. The van der Waals surface area contributed by atoms with Gasteiger partial charge in [-0.15, -0.1) is 0 Å². The van der Waals surface area contributed by atoms with Crippen molar-refractivity contribution in [1.82, 2.24) is 0 Å². The zero-order valence-electron chi connectivity index (χ0n) is 21.7. The van der Waals surface area contributed by atoms with Crippen LogP contribution in [0.2, 0.25) is 0 Å². The van der Waals surface area contributed by atoms with Gasteiger partial charge in [0, 0.05) is 32.1 Å². The van der Waals surface area contributed by atoms with Crippen LogP contribution in [0.5, 0.6) is 0 Å². The number of rotatable bonds is 5. The van der Waals surface area contributed by atoms with Crippen LogP contribution >= 0.6 is 0 Å². The lowest BCUT2D eigenvalue weighted by molar-refractivity contribution is -0.194. The predicted molar refractivity (Wildman–Crippen MR) is 127 cm³/mol. The Hall–Kier alpha value is -0.350. The Balaban J connectivity index is 0.000000131. The minimum atomic E-state index is -0.970. The normalized spacial score (nSPS) is 53.0. The maximum absolute atomic E-state index is 9.68. The molecule has 6 rings (SSSR count). The average Bonchev–Trinajstić information content (AvgIpc) is 3.53. The van der Waals surface area contributed by atoms with Crippen LogP contribution in [0.25, 0.3) is 0 Å². The predicted octanol–water partition coefficient (Wildman–Crippen LogP) is -3.16. The van der Waals surface area contributed by atoms with Crippen molar-refractivity contribution in [2.75, 3.05) is 53.9 Å². The molecule has 0 saturated carbocycles. The largest absolute Gasteiger partial charge is 0.393 e. The van der Waals surface area contributed by atoms with Gasteiger partial charge < -0.3 is 58.3 Å². The Bertz CT molecular complexity index is 782. The molecule has 0 aliphatic carbocycles. The highest BCUT2D eigenvalue weighted by atomic mass is 16.7. The molecule has 208 valence electrons. The molecule has 0 aromatic carbocycles. The molecule has 6 saturated heterocycles. The molecule has 6 heterocycles. The first-order valence-electron chi connectivity index (χ1n) is 12.5. The van der Waals surface area contributed by atoms with Gasteiger partial charge in [0.05, 0.1) is 58.0 Å². The molecule has 6 bridgehead atoms. The zero-order chi connectivity index (χ0) is 27.2. The highest BCUT2D eigenvalue weighted by molar-refractivity contribution is 6.12. The third-order valence-electron chi connectivity index (χ3n) is 8.32. The fraction of sp³-hybridized carbons (Fsp3) is 1.00. The van der Waals surface area contributed by atoms with Gasteiger partial charge in [0.2, 0.25) is 0 Å². The highest BCUT2D eigenvalue weighted by Crippen LogP contribution is 2.45. The Morgan fingerprint density at radius 3 is 2.03 bits per heavy atom. The van der Waals surface area contributed by atoms with Crippen LogP contribution in [0.1, 0.15) is 13.8 Å². The summed E-state index contributed by atoms with van der Waals surface area (Å²) in [5, 5.41) is 37.1. The lowest BCUT2D eigenvalue weighted by atomic mass is 9.81. The van der Waals surface area contributed by atoms with E-state index in [0.29, 0.717) is 13.2 Å². The monoisotopic (exact) mass is 528 g/mol. The second-order valence-electron chi connectivity index (χ2n) is 10.6. The summed E-state index contributed by atoms with van der Waals surface area (Å²) in [4.78, 5) is 0. The van der Waals surface area contributed by atoms with Crippen LogP contribution in [0.3, 0.4) is 0 Å². The van der Waals surface area contributed by atoms with E-state index >= 15 is 0 Å². The molecule has 4 N–H and O–H groups in total. The van der Waals surface area contributed by atoms with Crippen molar-refractivity contribution in [2.45, 2.75) is 85.4 Å². The number of ether oxygens (including phenoxy) is 8. The van der Waals surface area contributed by atoms with Crippen LogP contribution in [0.4, 0.5) is 0 Å². The fourth-order valence-electron chi connectivity index (χ4n) is 6.11. The minimum Gasteiger partial charge on any atom is -0.393 e. The molecular weight excluding hydrogens is 490 g/mol. The fourth-order valence-corrected chi connectivity index (χ4v) is 6.11. The first-order chi connectivity index (χ1) is 17.5. The third kappa shape index (κ3) is 4.81. The summed E-state index contributed by atoms with van der Waals surface area (Å²) < 4.78 is 43.1. The van der Waals surface area contributed by atoms with Crippen molar-refractivity contribution >= 4 is 15.7 Å². The van der Waals surface area contributed by atoms with Crippen molar-refractivity contribution in [3.05, 3.63) is 0 Å². The van der Waals surface area contributed by atoms with Gasteiger partial charge in [0.1, 0.15) is 56.9 Å². The van der Waals surface area contributed by atoms with Crippen LogP contribution < -0.4 is 0 Å². The molecule has 0 spiro atoms. The highest BCUT2D eigenvalue weighted by Gasteiger charge is 2.64. The Kier molecular flexibility index (Phi) is 9.02. The zero-order valence-corrected chi connectivity index (χ0v) is 21.7. The van der Waals surface area contributed by atoms with E-state index < -0.39 is 47.1 Å². The van der Waals surface area contributed by atoms with Gasteiger partial charge in [-0.1, -0.05) is 0 Å². The second-order valence-corrected chi connectivity index (χ2v) is 10.6. The number of methoxy groups -OCH3 is 2. The molecule has 12 nitrogen and oxygen atoms in total. The van der Waals surface area contributed by atoms with Crippen molar-refractivity contribution in [3.63, 3.8) is 0 Å². The summed E-state index contributed by atoms with van der Waals surface area (Å²) in [6.07, 6.45) is -1.80. The number of aliphatic hydroxyl groups is 4. The molecule has 4 radical (unpaired) electrons. The van der Waals surface area contributed by atoms with Crippen LogP contribution in [-0.2, 0) is 37.9 Å². The van der Waals surface area contributed by atoms with Crippen molar-refractivity contribution in [2.24, 2.45) is 5.92 Å². The maximum Gasteiger partial charge on any atom is 0.146 e. The molecule has 37 heavy (non-hydrogen) atoms. The van der Waals surface area contributed by atoms with Crippen molar-refractivity contribution in [1.29, 1.82) is 0 Å². The lowest BCUT2D eigenvalue weighted by Gasteiger charge is -2.34. The van der Waals surface area contributed by atoms with E-state index in [1.165, 1.54) is 0 Å².